The van der Waals surface area contributed by atoms with Gasteiger partial charge in [-0.25, -0.2) is 0 Å². The molecule has 2 fully saturated rings. The lowest BCUT2D eigenvalue weighted by atomic mass is 9.80. The smallest absolute Gasteiger partial charge is 0.256 e. The van der Waals surface area contributed by atoms with Crippen molar-refractivity contribution in [3.8, 4) is 11.4 Å². The summed E-state index contributed by atoms with van der Waals surface area (Å²) in [4.78, 5) is 29.5. The molecular weight excluding hydrogens is 416 g/mol. The van der Waals surface area contributed by atoms with Crippen molar-refractivity contribution in [1.82, 2.24) is 19.9 Å². The lowest BCUT2D eigenvalue weighted by Gasteiger charge is -2.38. The molecule has 0 bridgehead atoms. The topological polar surface area (TPSA) is 77.3 Å². The van der Waals surface area contributed by atoms with Crippen molar-refractivity contribution in [3.05, 3.63) is 72.1 Å². The third kappa shape index (κ3) is 4.40. The van der Waals surface area contributed by atoms with Gasteiger partial charge in [-0.1, -0.05) is 30.7 Å². The van der Waals surface area contributed by atoms with Gasteiger partial charge in [0, 0.05) is 17.5 Å². The first-order chi connectivity index (χ1) is 16.1. The lowest BCUT2D eigenvalue weighted by molar-refractivity contribution is 0.0384. The minimum atomic E-state index is -0.130. The molecule has 1 aliphatic carbocycles. The number of rotatable bonds is 6. The number of amides is 1. The zero-order valence-corrected chi connectivity index (χ0v) is 18.8. The predicted octanol–water partition coefficient (Wildman–Crippen LogP) is 4.32. The van der Waals surface area contributed by atoms with Crippen LogP contribution in [0.15, 0.2) is 60.9 Å². The number of carbonyl (C=O) groups is 2. The van der Waals surface area contributed by atoms with Gasteiger partial charge in [-0.05, 0) is 56.9 Å². The minimum absolute atomic E-state index is 0.0578. The SMILES string of the molecule is CC1CCC(Oc2cccc(C(=O)C3CCC3)c2)CN1C(=O)c1ccccc1-n1nccn1. The van der Waals surface area contributed by atoms with E-state index in [2.05, 4.69) is 17.1 Å². The van der Waals surface area contributed by atoms with Crippen molar-refractivity contribution in [2.45, 2.75) is 51.2 Å². The first-order valence-electron chi connectivity index (χ1n) is 11.7. The van der Waals surface area contributed by atoms with Crippen LogP contribution in [0.2, 0.25) is 0 Å². The fourth-order valence-corrected chi connectivity index (χ4v) is 4.60. The molecular formula is C26H28N4O3. The average molecular weight is 445 g/mol. The molecule has 2 unspecified atom stereocenters. The van der Waals surface area contributed by atoms with Crippen LogP contribution in [-0.4, -0.2) is 50.3 Å². The van der Waals surface area contributed by atoms with Gasteiger partial charge in [0.05, 0.1) is 30.2 Å². The number of ether oxygens (including phenoxy) is 1. The summed E-state index contributed by atoms with van der Waals surface area (Å²) in [7, 11) is 0. The zero-order chi connectivity index (χ0) is 22.8. The summed E-state index contributed by atoms with van der Waals surface area (Å²) >= 11 is 0. The molecule has 0 N–H and O–H groups in total. The maximum Gasteiger partial charge on any atom is 0.256 e. The minimum Gasteiger partial charge on any atom is -0.489 e. The summed E-state index contributed by atoms with van der Waals surface area (Å²) in [6.07, 6.45) is 7.86. The maximum absolute atomic E-state index is 13.5. The second-order valence-electron chi connectivity index (χ2n) is 8.98. The standard InChI is InChI=1S/C26H28N4O3/c1-18-12-13-22(33-21-9-5-8-20(16-21)25(31)19-6-4-7-19)17-29(18)26(32)23-10-2-3-11-24(23)30-27-14-15-28-30/h2-3,5,8-11,14-16,18-19,22H,4,6-7,12-13,17H2,1H3. The highest BCUT2D eigenvalue weighted by Gasteiger charge is 2.32. The van der Waals surface area contributed by atoms with Gasteiger partial charge in [-0.3, -0.25) is 9.59 Å². The van der Waals surface area contributed by atoms with Gasteiger partial charge >= 0.3 is 0 Å². The molecule has 2 heterocycles. The summed E-state index contributed by atoms with van der Waals surface area (Å²) in [5.41, 5.74) is 1.94. The highest BCUT2D eigenvalue weighted by atomic mass is 16.5. The van der Waals surface area contributed by atoms with E-state index in [0.717, 1.165) is 37.7 Å². The van der Waals surface area contributed by atoms with E-state index in [9.17, 15) is 9.59 Å². The van der Waals surface area contributed by atoms with Gasteiger partial charge < -0.3 is 9.64 Å². The molecule has 1 amide bonds. The summed E-state index contributed by atoms with van der Waals surface area (Å²) < 4.78 is 6.27. The Morgan fingerprint density at radius 3 is 2.52 bits per heavy atom. The molecule has 1 aliphatic heterocycles. The van der Waals surface area contributed by atoms with E-state index in [1.807, 2.05) is 53.4 Å². The number of nitrogens with zero attached hydrogens (tertiary/aromatic N) is 4. The van der Waals surface area contributed by atoms with Crippen LogP contribution in [0.1, 0.15) is 59.7 Å². The molecule has 170 valence electrons. The molecule has 7 nitrogen and oxygen atoms in total. The van der Waals surface area contributed by atoms with Crippen LogP contribution in [0.3, 0.4) is 0 Å². The van der Waals surface area contributed by atoms with Crippen LogP contribution in [0.4, 0.5) is 0 Å². The third-order valence-corrected chi connectivity index (χ3v) is 6.77. The quantitative estimate of drug-likeness (QED) is 0.529. The highest BCUT2D eigenvalue weighted by Crippen LogP contribution is 2.31. The van der Waals surface area contributed by atoms with Crippen molar-refractivity contribution in [1.29, 1.82) is 0 Å². The van der Waals surface area contributed by atoms with E-state index in [4.69, 9.17) is 4.74 Å². The van der Waals surface area contributed by atoms with Gasteiger partial charge in [0.1, 0.15) is 11.9 Å². The summed E-state index contributed by atoms with van der Waals surface area (Å²) in [6.45, 7) is 2.56. The molecule has 2 aliphatic rings. The zero-order valence-electron chi connectivity index (χ0n) is 18.8. The van der Waals surface area contributed by atoms with Gasteiger partial charge in [0.15, 0.2) is 5.78 Å². The highest BCUT2D eigenvalue weighted by molar-refractivity contribution is 5.99. The summed E-state index contributed by atoms with van der Waals surface area (Å²) in [6, 6.07) is 15.0. The number of Topliss-reactive ketones (excluding diaryl/α,β-unsaturated/α-hetero) is 1. The van der Waals surface area contributed by atoms with Crippen LogP contribution < -0.4 is 4.74 Å². The van der Waals surface area contributed by atoms with E-state index < -0.39 is 0 Å². The number of likely N-dealkylation sites (tertiary alicyclic amines) is 1. The molecule has 1 saturated heterocycles. The second-order valence-corrected chi connectivity index (χ2v) is 8.98. The van der Waals surface area contributed by atoms with Crippen molar-refractivity contribution in [3.63, 3.8) is 0 Å². The summed E-state index contributed by atoms with van der Waals surface area (Å²) in [5.74, 6) is 1.00. The van der Waals surface area contributed by atoms with Crippen molar-refractivity contribution in [2.24, 2.45) is 5.92 Å². The second kappa shape index (κ2) is 9.17. The third-order valence-electron chi connectivity index (χ3n) is 6.77. The van der Waals surface area contributed by atoms with Crippen molar-refractivity contribution < 1.29 is 14.3 Å². The largest absolute Gasteiger partial charge is 0.489 e. The van der Waals surface area contributed by atoms with E-state index in [0.29, 0.717) is 23.5 Å². The average Bonchev–Trinajstić information content (AvgIpc) is 3.34. The maximum atomic E-state index is 13.5. The molecule has 1 aromatic heterocycles. The molecule has 5 rings (SSSR count). The number of hydrogen-bond acceptors (Lipinski definition) is 5. The predicted molar refractivity (Wildman–Crippen MR) is 124 cm³/mol. The number of hydrogen-bond donors (Lipinski definition) is 0. The van der Waals surface area contributed by atoms with Crippen LogP contribution in [0.25, 0.3) is 5.69 Å². The van der Waals surface area contributed by atoms with Crippen molar-refractivity contribution in [2.75, 3.05) is 6.54 Å². The monoisotopic (exact) mass is 444 g/mol. The van der Waals surface area contributed by atoms with E-state index in [1.165, 1.54) is 4.80 Å². The molecule has 3 aromatic rings. The van der Waals surface area contributed by atoms with Gasteiger partial charge in [-0.15, -0.1) is 0 Å². The first kappa shape index (κ1) is 21.4. The Labute approximate surface area is 193 Å². The number of ketones is 1. The Morgan fingerprint density at radius 1 is 0.970 bits per heavy atom. The Balaban J connectivity index is 1.32. The van der Waals surface area contributed by atoms with Crippen LogP contribution >= 0.6 is 0 Å². The molecule has 0 spiro atoms. The Bertz CT molecular complexity index is 1140. The molecule has 1 saturated carbocycles. The lowest BCUT2D eigenvalue weighted by Crippen LogP contribution is -2.49. The first-order valence-corrected chi connectivity index (χ1v) is 11.7. The van der Waals surface area contributed by atoms with Crippen LogP contribution in [0, 0.1) is 5.92 Å². The Kier molecular flexibility index (Phi) is 5.94. The Hall–Kier alpha value is -3.48. The van der Waals surface area contributed by atoms with E-state index >= 15 is 0 Å². The van der Waals surface area contributed by atoms with Gasteiger partial charge in [-0.2, -0.15) is 15.0 Å². The molecule has 2 aromatic carbocycles. The van der Waals surface area contributed by atoms with Crippen LogP contribution in [0.5, 0.6) is 5.75 Å². The van der Waals surface area contributed by atoms with Gasteiger partial charge in [0.25, 0.3) is 5.91 Å². The Morgan fingerprint density at radius 2 is 1.76 bits per heavy atom. The number of benzene rings is 2. The van der Waals surface area contributed by atoms with Crippen LogP contribution in [-0.2, 0) is 0 Å². The van der Waals surface area contributed by atoms with E-state index in [-0.39, 0.29) is 29.8 Å². The normalized spacial score (nSPS) is 20.8. The number of piperidine rings is 1. The fraction of sp³-hybridized carbons (Fsp3) is 0.385. The van der Waals surface area contributed by atoms with E-state index in [1.54, 1.807) is 12.4 Å². The number of carbonyl (C=O) groups excluding carboxylic acids is 2. The molecule has 33 heavy (non-hydrogen) atoms. The van der Waals surface area contributed by atoms with Gasteiger partial charge in [0.2, 0.25) is 0 Å². The number of para-hydroxylation sites is 1. The molecule has 0 radical (unpaired) electrons. The fourth-order valence-electron chi connectivity index (χ4n) is 4.60. The van der Waals surface area contributed by atoms with Crippen molar-refractivity contribution >= 4 is 11.7 Å². The number of aromatic nitrogens is 3. The molecule has 7 heteroatoms. The summed E-state index contributed by atoms with van der Waals surface area (Å²) in [5, 5.41) is 8.38. The molecule has 2 atom stereocenters.